The van der Waals surface area contributed by atoms with Gasteiger partial charge in [-0.05, 0) is 32.0 Å². The number of halogens is 2. The topological polar surface area (TPSA) is 145 Å². The average molecular weight is 508 g/mol. The summed E-state index contributed by atoms with van der Waals surface area (Å²) in [7, 11) is 4.69. The number of ether oxygens (including phenoxy) is 1. The maximum atomic E-state index is 13.7. The Morgan fingerprint density at radius 2 is 2.06 bits per heavy atom. The van der Waals surface area contributed by atoms with Gasteiger partial charge in [-0.3, -0.25) is 15.1 Å². The smallest absolute Gasteiger partial charge is 0.262 e. The Morgan fingerprint density at radius 1 is 1.34 bits per heavy atom. The van der Waals surface area contributed by atoms with Crippen molar-refractivity contribution in [1.29, 1.82) is 0 Å². The molecule has 0 saturated heterocycles. The summed E-state index contributed by atoms with van der Waals surface area (Å²) in [4.78, 5) is 18.7. The van der Waals surface area contributed by atoms with Crippen LogP contribution in [0.25, 0.3) is 5.57 Å². The van der Waals surface area contributed by atoms with Gasteiger partial charge in [0.1, 0.15) is 22.7 Å². The van der Waals surface area contributed by atoms with Crippen molar-refractivity contribution in [2.45, 2.75) is 42.3 Å². The van der Waals surface area contributed by atoms with Crippen LogP contribution in [0, 0.1) is 17.8 Å². The maximum absolute atomic E-state index is 13.7. The van der Waals surface area contributed by atoms with Gasteiger partial charge < -0.3 is 32.2 Å². The molecule has 3 unspecified atom stereocenters. The minimum Gasteiger partial charge on any atom is -0.495 e. The highest BCUT2D eigenvalue weighted by molar-refractivity contribution is 8.00. The molecule has 35 heavy (non-hydrogen) atoms. The lowest BCUT2D eigenvalue weighted by Gasteiger charge is -2.30. The molecule has 1 aliphatic carbocycles. The Balaban J connectivity index is 1.91. The van der Waals surface area contributed by atoms with Crippen molar-refractivity contribution in [2.24, 2.45) is 23.1 Å². The molecule has 2 aliphatic rings. The number of thioether (sulfide) groups is 1. The molecule has 0 radical (unpaired) electrons. The van der Waals surface area contributed by atoms with E-state index in [0.717, 1.165) is 12.8 Å². The molecule has 190 valence electrons. The number of carbonyl (C=O) groups excluding carboxylic acids is 1. The average Bonchev–Trinajstić information content (AvgIpc) is 3.65. The molecule has 1 amide bonds. The standard InChI is InChI=1S/C23H31F2N7O2S/c1-29-19(7-6-12-4-5-12)35-23(28)31-22(33)15-10-30-16(21(26)27)8-13(15)14-9-17(20(24)25)32(2)11-18(14)34-3/h8-12,17,19-21,23,29H,4-5,26-28H2,1-3H3,(H,31,33). The van der Waals surface area contributed by atoms with E-state index in [-0.39, 0.29) is 16.6 Å². The summed E-state index contributed by atoms with van der Waals surface area (Å²) in [6, 6.07) is 0.282. The third-order valence-corrected chi connectivity index (χ3v) is 6.52. The molecule has 8 N–H and O–H groups in total. The Morgan fingerprint density at radius 3 is 2.63 bits per heavy atom. The number of nitrogens with zero attached hydrogens (tertiary/aromatic N) is 2. The van der Waals surface area contributed by atoms with Gasteiger partial charge in [0.25, 0.3) is 12.3 Å². The fraction of sp³-hybridized carbons (Fsp3) is 0.478. The van der Waals surface area contributed by atoms with Crippen molar-refractivity contribution < 1.29 is 18.3 Å². The minimum atomic E-state index is -2.67. The molecule has 2 heterocycles. The number of nitrogens with two attached hydrogens (primary N) is 3. The summed E-state index contributed by atoms with van der Waals surface area (Å²) in [5, 5.41) is 5.50. The van der Waals surface area contributed by atoms with Crippen LogP contribution in [-0.2, 0) is 4.74 Å². The number of likely N-dealkylation sites (N-methyl/N-ethyl adjacent to an activating group) is 1. The van der Waals surface area contributed by atoms with Crippen LogP contribution in [-0.4, -0.2) is 60.3 Å². The number of nitrogens with one attached hydrogen (secondary N) is 2. The van der Waals surface area contributed by atoms with Crippen molar-refractivity contribution in [1.82, 2.24) is 20.5 Å². The molecule has 12 heteroatoms. The highest BCUT2D eigenvalue weighted by Gasteiger charge is 2.30. The predicted molar refractivity (Wildman–Crippen MR) is 132 cm³/mol. The Kier molecular flexibility index (Phi) is 9.09. The second-order valence-corrected chi connectivity index (χ2v) is 9.46. The largest absolute Gasteiger partial charge is 0.495 e. The zero-order chi connectivity index (χ0) is 25.7. The van der Waals surface area contributed by atoms with Gasteiger partial charge in [0.15, 0.2) is 0 Å². The fourth-order valence-electron chi connectivity index (χ4n) is 3.39. The fourth-order valence-corrected chi connectivity index (χ4v) is 4.13. The molecule has 1 saturated carbocycles. The van der Waals surface area contributed by atoms with Gasteiger partial charge >= 0.3 is 0 Å². The van der Waals surface area contributed by atoms with Crippen molar-refractivity contribution in [3.8, 4) is 11.8 Å². The van der Waals surface area contributed by atoms with Crippen molar-refractivity contribution in [2.75, 3.05) is 21.2 Å². The van der Waals surface area contributed by atoms with Crippen molar-refractivity contribution in [3.05, 3.63) is 47.1 Å². The second-order valence-electron chi connectivity index (χ2n) is 8.21. The molecule has 1 aromatic heterocycles. The molecule has 9 nitrogen and oxygen atoms in total. The molecule has 0 spiro atoms. The number of allylic oxidation sites excluding steroid dienone is 1. The van der Waals surface area contributed by atoms with Gasteiger partial charge in [0.05, 0.1) is 24.5 Å². The summed E-state index contributed by atoms with van der Waals surface area (Å²) >= 11 is 1.24. The summed E-state index contributed by atoms with van der Waals surface area (Å²) in [6.07, 6.45) is 2.71. The number of methoxy groups -OCH3 is 1. The number of pyridine rings is 1. The lowest BCUT2D eigenvalue weighted by molar-refractivity contribution is 0.0780. The quantitative estimate of drug-likeness (QED) is 0.245. The summed E-state index contributed by atoms with van der Waals surface area (Å²) < 4.78 is 32.8. The first-order valence-electron chi connectivity index (χ1n) is 11.0. The van der Waals surface area contributed by atoms with E-state index in [1.807, 2.05) is 0 Å². The number of aromatic nitrogens is 1. The number of hydrogen-bond donors (Lipinski definition) is 5. The number of amides is 1. The Hall–Kier alpha value is -2.69. The minimum absolute atomic E-state index is 0.113. The van der Waals surface area contributed by atoms with E-state index in [9.17, 15) is 13.6 Å². The first-order valence-corrected chi connectivity index (χ1v) is 12.0. The summed E-state index contributed by atoms with van der Waals surface area (Å²) in [6.45, 7) is 0. The third-order valence-electron chi connectivity index (χ3n) is 5.49. The molecular formula is C23H31F2N7O2S. The second kappa shape index (κ2) is 11.8. The van der Waals surface area contributed by atoms with Crippen molar-refractivity contribution in [3.63, 3.8) is 0 Å². The maximum Gasteiger partial charge on any atom is 0.262 e. The van der Waals surface area contributed by atoms with Gasteiger partial charge in [0.2, 0.25) is 0 Å². The van der Waals surface area contributed by atoms with Crippen LogP contribution in [0.4, 0.5) is 8.78 Å². The van der Waals surface area contributed by atoms with Crippen LogP contribution >= 0.6 is 11.8 Å². The highest BCUT2D eigenvalue weighted by Crippen LogP contribution is 2.33. The first-order chi connectivity index (χ1) is 16.6. The lowest BCUT2D eigenvalue weighted by atomic mass is 9.94. The molecule has 1 aliphatic heterocycles. The zero-order valence-electron chi connectivity index (χ0n) is 19.8. The molecule has 1 fully saturated rings. The molecule has 3 atom stereocenters. The van der Waals surface area contributed by atoms with E-state index < -0.39 is 30.0 Å². The van der Waals surface area contributed by atoms with Gasteiger partial charge in [0, 0.05) is 36.5 Å². The van der Waals surface area contributed by atoms with Gasteiger partial charge in [-0.2, -0.15) is 0 Å². The molecule has 0 aromatic carbocycles. The van der Waals surface area contributed by atoms with E-state index >= 15 is 0 Å². The van der Waals surface area contributed by atoms with Crippen LogP contribution < -0.4 is 27.8 Å². The van der Waals surface area contributed by atoms with Crippen LogP contribution in [0.3, 0.4) is 0 Å². The monoisotopic (exact) mass is 507 g/mol. The molecular weight excluding hydrogens is 476 g/mol. The van der Waals surface area contributed by atoms with Gasteiger partial charge in [-0.25, -0.2) is 8.78 Å². The Labute approximate surface area is 207 Å². The van der Waals surface area contributed by atoms with E-state index in [1.165, 1.54) is 55.4 Å². The van der Waals surface area contributed by atoms with Crippen LogP contribution in [0.2, 0.25) is 0 Å². The van der Waals surface area contributed by atoms with Crippen LogP contribution in [0.15, 0.2) is 30.3 Å². The van der Waals surface area contributed by atoms with Crippen LogP contribution in [0.5, 0.6) is 0 Å². The highest BCUT2D eigenvalue weighted by atomic mass is 32.2. The SMILES string of the molecule is CNC(C#CC1CC1)SC(N)NC(=O)c1cnc(C(N)N)cc1C1=CC(C(F)F)N(C)C=C1OC. The number of alkyl halides is 2. The van der Waals surface area contributed by atoms with E-state index in [1.54, 1.807) is 7.05 Å². The van der Waals surface area contributed by atoms with Crippen molar-refractivity contribution >= 4 is 23.2 Å². The molecule has 0 bridgehead atoms. The zero-order valence-corrected chi connectivity index (χ0v) is 20.6. The number of carbonyl (C=O) groups is 1. The van der Waals surface area contributed by atoms with E-state index in [0.29, 0.717) is 22.8 Å². The molecule has 3 rings (SSSR count). The van der Waals surface area contributed by atoms with Gasteiger partial charge in [-0.1, -0.05) is 23.6 Å². The summed E-state index contributed by atoms with van der Waals surface area (Å²) in [5.74, 6) is 6.47. The lowest BCUT2D eigenvalue weighted by Crippen LogP contribution is -2.42. The van der Waals surface area contributed by atoms with Gasteiger partial charge in [-0.15, -0.1) is 0 Å². The van der Waals surface area contributed by atoms with Crippen LogP contribution in [0.1, 0.15) is 40.6 Å². The molecule has 1 aromatic rings. The number of rotatable bonds is 9. The number of hydrogen-bond acceptors (Lipinski definition) is 9. The third kappa shape index (κ3) is 6.93. The predicted octanol–water partition coefficient (Wildman–Crippen LogP) is 1.11. The van der Waals surface area contributed by atoms with E-state index in [2.05, 4.69) is 27.5 Å². The first kappa shape index (κ1) is 26.9. The Bertz CT molecular complexity index is 1050. The normalized spacial score (nSPS) is 19.5. The summed E-state index contributed by atoms with van der Waals surface area (Å²) in [5.41, 5.74) is 17.9. The van der Waals surface area contributed by atoms with E-state index in [4.69, 9.17) is 21.9 Å².